The third kappa shape index (κ3) is 3.83. The molecule has 0 bridgehead atoms. The van der Waals surface area contributed by atoms with Gasteiger partial charge in [0.05, 0.1) is 15.1 Å². The first kappa shape index (κ1) is 16.4. The monoisotopic (exact) mass is 343 g/mol. The SMILES string of the molecule is Cc1ccccc1C(Oc1cc(Cl)c(Cl)cc1Cl)C(C)N. The average molecular weight is 345 g/mol. The van der Waals surface area contributed by atoms with Crippen LogP contribution in [0, 0.1) is 6.92 Å². The molecule has 0 radical (unpaired) electrons. The van der Waals surface area contributed by atoms with Gasteiger partial charge in [-0.1, -0.05) is 59.1 Å². The molecule has 2 nitrogen and oxygen atoms in total. The lowest BCUT2D eigenvalue weighted by atomic mass is 9.99. The topological polar surface area (TPSA) is 35.2 Å². The van der Waals surface area contributed by atoms with Crippen LogP contribution in [-0.4, -0.2) is 6.04 Å². The van der Waals surface area contributed by atoms with Crippen molar-refractivity contribution < 1.29 is 4.74 Å². The van der Waals surface area contributed by atoms with E-state index in [4.69, 9.17) is 45.3 Å². The smallest absolute Gasteiger partial charge is 0.140 e. The van der Waals surface area contributed by atoms with Crippen molar-refractivity contribution >= 4 is 34.8 Å². The molecule has 0 amide bonds. The Bertz CT molecular complexity index is 643. The van der Waals surface area contributed by atoms with Crippen LogP contribution in [-0.2, 0) is 0 Å². The molecular formula is C16H16Cl3NO. The number of rotatable bonds is 4. The van der Waals surface area contributed by atoms with E-state index in [9.17, 15) is 0 Å². The predicted molar refractivity (Wildman–Crippen MR) is 89.7 cm³/mol. The van der Waals surface area contributed by atoms with Crippen LogP contribution >= 0.6 is 34.8 Å². The zero-order chi connectivity index (χ0) is 15.6. The van der Waals surface area contributed by atoms with Gasteiger partial charge in [0.1, 0.15) is 11.9 Å². The van der Waals surface area contributed by atoms with Crippen LogP contribution in [0.4, 0.5) is 0 Å². The van der Waals surface area contributed by atoms with E-state index in [0.29, 0.717) is 20.8 Å². The van der Waals surface area contributed by atoms with Gasteiger partial charge in [-0.05, 0) is 31.0 Å². The molecule has 112 valence electrons. The van der Waals surface area contributed by atoms with E-state index in [1.165, 1.54) is 0 Å². The summed E-state index contributed by atoms with van der Waals surface area (Å²) < 4.78 is 6.01. The highest BCUT2D eigenvalue weighted by Gasteiger charge is 2.21. The molecule has 2 aromatic carbocycles. The Morgan fingerprint density at radius 2 is 1.62 bits per heavy atom. The first-order chi connectivity index (χ1) is 9.90. The van der Waals surface area contributed by atoms with E-state index < -0.39 is 0 Å². The fourth-order valence-electron chi connectivity index (χ4n) is 2.09. The number of benzene rings is 2. The third-order valence-corrected chi connectivity index (χ3v) is 4.22. The number of ether oxygens (including phenoxy) is 1. The quantitative estimate of drug-likeness (QED) is 0.751. The van der Waals surface area contributed by atoms with E-state index in [-0.39, 0.29) is 12.1 Å². The van der Waals surface area contributed by atoms with Crippen molar-refractivity contribution in [3.05, 3.63) is 62.6 Å². The molecule has 0 aliphatic carbocycles. The summed E-state index contributed by atoms with van der Waals surface area (Å²) in [6.07, 6.45) is -0.319. The molecule has 21 heavy (non-hydrogen) atoms. The van der Waals surface area contributed by atoms with Crippen LogP contribution in [0.15, 0.2) is 36.4 Å². The molecule has 2 unspecified atom stereocenters. The zero-order valence-corrected chi connectivity index (χ0v) is 14.0. The highest BCUT2D eigenvalue weighted by Crippen LogP contribution is 2.37. The van der Waals surface area contributed by atoms with Gasteiger partial charge in [0.15, 0.2) is 0 Å². The molecule has 0 spiro atoms. The summed E-state index contributed by atoms with van der Waals surface area (Å²) in [7, 11) is 0. The highest BCUT2D eigenvalue weighted by atomic mass is 35.5. The van der Waals surface area contributed by atoms with E-state index in [2.05, 4.69) is 0 Å². The van der Waals surface area contributed by atoms with Gasteiger partial charge in [-0.2, -0.15) is 0 Å². The molecule has 2 N–H and O–H groups in total. The lowest BCUT2D eigenvalue weighted by Crippen LogP contribution is -2.29. The molecule has 0 saturated heterocycles. The van der Waals surface area contributed by atoms with Crippen LogP contribution in [0.2, 0.25) is 15.1 Å². The number of halogens is 3. The molecule has 0 aliphatic rings. The van der Waals surface area contributed by atoms with Gasteiger partial charge in [0, 0.05) is 12.1 Å². The molecule has 2 atom stereocenters. The second-order valence-corrected chi connectivity index (χ2v) is 6.17. The third-order valence-electron chi connectivity index (χ3n) is 3.20. The fourth-order valence-corrected chi connectivity index (χ4v) is 2.67. The summed E-state index contributed by atoms with van der Waals surface area (Å²) in [5.41, 5.74) is 8.21. The van der Waals surface area contributed by atoms with Gasteiger partial charge in [-0.3, -0.25) is 0 Å². The van der Waals surface area contributed by atoms with Crippen molar-refractivity contribution in [3.8, 4) is 5.75 Å². The van der Waals surface area contributed by atoms with Gasteiger partial charge in [0.25, 0.3) is 0 Å². The lowest BCUT2D eigenvalue weighted by molar-refractivity contribution is 0.180. The molecule has 2 aromatic rings. The van der Waals surface area contributed by atoms with Crippen LogP contribution < -0.4 is 10.5 Å². The number of nitrogens with two attached hydrogens (primary N) is 1. The highest BCUT2D eigenvalue weighted by molar-refractivity contribution is 6.43. The fraction of sp³-hybridized carbons (Fsp3) is 0.250. The number of hydrogen-bond donors (Lipinski definition) is 1. The van der Waals surface area contributed by atoms with E-state index in [1.807, 2.05) is 38.1 Å². The van der Waals surface area contributed by atoms with Crippen LogP contribution in [0.5, 0.6) is 5.75 Å². The van der Waals surface area contributed by atoms with Crippen molar-refractivity contribution in [3.63, 3.8) is 0 Å². The maximum atomic E-state index is 6.17. The van der Waals surface area contributed by atoms with E-state index in [0.717, 1.165) is 11.1 Å². The molecular weight excluding hydrogens is 329 g/mol. The summed E-state index contributed by atoms with van der Waals surface area (Å²) in [5, 5.41) is 1.19. The molecule has 0 fully saturated rings. The summed E-state index contributed by atoms with van der Waals surface area (Å²) in [4.78, 5) is 0. The summed E-state index contributed by atoms with van der Waals surface area (Å²) in [6.45, 7) is 3.91. The van der Waals surface area contributed by atoms with Crippen LogP contribution in [0.1, 0.15) is 24.2 Å². The largest absolute Gasteiger partial charge is 0.482 e. The van der Waals surface area contributed by atoms with E-state index in [1.54, 1.807) is 12.1 Å². The molecule has 5 heteroatoms. The zero-order valence-electron chi connectivity index (χ0n) is 11.7. The normalized spacial score (nSPS) is 13.8. The summed E-state index contributed by atoms with van der Waals surface area (Å²) in [6, 6.07) is 10.9. The number of aryl methyl sites for hydroxylation is 1. The van der Waals surface area contributed by atoms with Gasteiger partial charge in [-0.25, -0.2) is 0 Å². The Morgan fingerprint density at radius 3 is 2.24 bits per heavy atom. The minimum atomic E-state index is -0.319. The Kier molecular flexibility index (Phi) is 5.39. The Balaban J connectivity index is 2.38. The maximum absolute atomic E-state index is 6.17. The maximum Gasteiger partial charge on any atom is 0.140 e. The minimum absolute atomic E-state index is 0.211. The first-order valence-corrected chi connectivity index (χ1v) is 7.66. The van der Waals surface area contributed by atoms with Crippen molar-refractivity contribution in [1.29, 1.82) is 0 Å². The molecule has 0 saturated carbocycles. The Labute approximate surface area is 139 Å². The van der Waals surface area contributed by atoms with Crippen LogP contribution in [0.25, 0.3) is 0 Å². The average Bonchev–Trinajstić information content (AvgIpc) is 2.42. The predicted octanol–water partition coefficient (Wildman–Crippen LogP) is 5.42. The van der Waals surface area contributed by atoms with Gasteiger partial charge in [-0.15, -0.1) is 0 Å². The second kappa shape index (κ2) is 6.89. The summed E-state index contributed by atoms with van der Waals surface area (Å²) in [5.74, 6) is 0.469. The molecule has 0 aromatic heterocycles. The van der Waals surface area contributed by atoms with Crippen molar-refractivity contribution in [2.45, 2.75) is 26.0 Å². The van der Waals surface area contributed by atoms with Crippen molar-refractivity contribution in [2.75, 3.05) is 0 Å². The molecule has 2 rings (SSSR count). The van der Waals surface area contributed by atoms with Gasteiger partial charge >= 0.3 is 0 Å². The van der Waals surface area contributed by atoms with Crippen molar-refractivity contribution in [2.24, 2.45) is 5.73 Å². The number of hydrogen-bond acceptors (Lipinski definition) is 2. The van der Waals surface area contributed by atoms with Gasteiger partial charge < -0.3 is 10.5 Å². The minimum Gasteiger partial charge on any atom is -0.482 e. The Morgan fingerprint density at radius 1 is 1.00 bits per heavy atom. The Hall–Kier alpha value is -0.930. The van der Waals surface area contributed by atoms with E-state index >= 15 is 0 Å². The second-order valence-electron chi connectivity index (χ2n) is 4.95. The van der Waals surface area contributed by atoms with Crippen LogP contribution in [0.3, 0.4) is 0 Å². The molecule has 0 heterocycles. The molecule has 0 aliphatic heterocycles. The van der Waals surface area contributed by atoms with Crippen molar-refractivity contribution in [1.82, 2.24) is 0 Å². The standard InChI is InChI=1S/C16H16Cl3NO/c1-9-5-3-4-6-11(9)16(10(2)20)21-15-8-13(18)12(17)7-14(15)19/h3-8,10,16H,20H2,1-2H3. The van der Waals surface area contributed by atoms with Gasteiger partial charge in [0.2, 0.25) is 0 Å². The lowest BCUT2D eigenvalue weighted by Gasteiger charge is -2.25. The first-order valence-electron chi connectivity index (χ1n) is 6.52. The summed E-state index contributed by atoms with van der Waals surface area (Å²) >= 11 is 18.1.